The number of hydrogen-bond acceptors (Lipinski definition) is 5. The van der Waals surface area contributed by atoms with Crippen molar-refractivity contribution in [3.05, 3.63) is 5.82 Å². The SMILES string of the molecule is O=C(CCCCc1nnnn1C1CCCCC1)N(CC1CCNCC1)C1CCCCC1. The van der Waals surface area contributed by atoms with Gasteiger partial charge in [-0.1, -0.05) is 38.5 Å². The number of carbonyl (C=O) groups is 1. The summed E-state index contributed by atoms with van der Waals surface area (Å²) in [5.74, 6) is 2.07. The van der Waals surface area contributed by atoms with Gasteiger partial charge in [-0.15, -0.1) is 5.10 Å². The van der Waals surface area contributed by atoms with E-state index in [1.807, 2.05) is 0 Å². The largest absolute Gasteiger partial charge is 0.339 e. The van der Waals surface area contributed by atoms with Crippen LogP contribution >= 0.6 is 0 Å². The van der Waals surface area contributed by atoms with E-state index in [2.05, 4.69) is 30.4 Å². The van der Waals surface area contributed by atoms with Gasteiger partial charge in [-0.25, -0.2) is 4.68 Å². The van der Waals surface area contributed by atoms with Crippen molar-refractivity contribution in [2.24, 2.45) is 5.92 Å². The quantitative estimate of drug-likeness (QED) is 0.598. The number of rotatable bonds is 9. The molecule has 1 saturated heterocycles. The van der Waals surface area contributed by atoms with E-state index in [1.54, 1.807) is 0 Å². The molecule has 0 aromatic carbocycles. The molecule has 2 heterocycles. The van der Waals surface area contributed by atoms with Crippen LogP contribution in [0.15, 0.2) is 0 Å². The van der Waals surface area contributed by atoms with Crippen LogP contribution in [-0.4, -0.2) is 56.7 Å². The predicted octanol–water partition coefficient (Wildman–Crippen LogP) is 4.05. The van der Waals surface area contributed by atoms with Crippen LogP contribution in [0.25, 0.3) is 0 Å². The van der Waals surface area contributed by atoms with Gasteiger partial charge < -0.3 is 10.2 Å². The molecule has 0 bridgehead atoms. The highest BCUT2D eigenvalue weighted by Crippen LogP contribution is 2.28. The maximum Gasteiger partial charge on any atom is 0.222 e. The number of tetrazole rings is 1. The Morgan fingerprint density at radius 3 is 2.39 bits per heavy atom. The number of unbranched alkanes of at least 4 members (excludes halogenated alkanes) is 1. The Balaban J connectivity index is 1.26. The summed E-state index contributed by atoms with van der Waals surface area (Å²) >= 11 is 0. The first-order valence-corrected chi connectivity index (χ1v) is 13.1. The normalized spacial score (nSPS) is 21.9. The fourth-order valence-electron chi connectivity index (χ4n) is 5.88. The maximum absolute atomic E-state index is 13.3. The first-order valence-electron chi connectivity index (χ1n) is 13.1. The van der Waals surface area contributed by atoms with Gasteiger partial charge in [0.25, 0.3) is 0 Å². The number of amides is 1. The Bertz CT molecular complexity index is 659. The summed E-state index contributed by atoms with van der Waals surface area (Å²) in [6.45, 7) is 3.19. The van der Waals surface area contributed by atoms with Crippen molar-refractivity contribution in [3.63, 3.8) is 0 Å². The fourth-order valence-corrected chi connectivity index (χ4v) is 5.88. The molecule has 1 amide bonds. The Hall–Kier alpha value is -1.50. The zero-order chi connectivity index (χ0) is 21.3. The number of nitrogens with one attached hydrogen (secondary N) is 1. The minimum absolute atomic E-state index is 0.386. The van der Waals surface area contributed by atoms with Crippen LogP contribution in [0, 0.1) is 5.92 Å². The highest BCUT2D eigenvalue weighted by atomic mass is 16.2. The number of carbonyl (C=O) groups excluding carboxylic acids is 1. The summed E-state index contributed by atoms with van der Waals surface area (Å²) in [7, 11) is 0. The molecule has 3 fully saturated rings. The van der Waals surface area contributed by atoms with E-state index in [4.69, 9.17) is 0 Å². The predicted molar refractivity (Wildman–Crippen MR) is 122 cm³/mol. The molecule has 7 nitrogen and oxygen atoms in total. The third-order valence-electron chi connectivity index (χ3n) is 7.77. The third-order valence-corrected chi connectivity index (χ3v) is 7.77. The van der Waals surface area contributed by atoms with Gasteiger partial charge in [0.05, 0.1) is 6.04 Å². The summed E-state index contributed by atoms with van der Waals surface area (Å²) in [6.07, 6.45) is 18.5. The van der Waals surface area contributed by atoms with Crippen molar-refractivity contribution >= 4 is 5.91 Å². The number of hydrogen-bond donors (Lipinski definition) is 1. The van der Waals surface area contributed by atoms with Crippen LogP contribution in [0.4, 0.5) is 0 Å². The lowest BCUT2D eigenvalue weighted by atomic mass is 9.91. The van der Waals surface area contributed by atoms with Crippen LogP contribution in [0.3, 0.4) is 0 Å². The lowest BCUT2D eigenvalue weighted by Gasteiger charge is -2.38. The summed E-state index contributed by atoms with van der Waals surface area (Å²) in [6, 6.07) is 0.960. The zero-order valence-corrected chi connectivity index (χ0v) is 19.3. The van der Waals surface area contributed by atoms with E-state index in [1.165, 1.54) is 77.0 Å². The van der Waals surface area contributed by atoms with Crippen molar-refractivity contribution < 1.29 is 4.79 Å². The summed E-state index contributed by atoms with van der Waals surface area (Å²) in [4.78, 5) is 15.5. The molecular formula is C24H42N6O. The number of aryl methyl sites for hydroxylation is 1. The molecule has 174 valence electrons. The average molecular weight is 431 g/mol. The van der Waals surface area contributed by atoms with Crippen molar-refractivity contribution in [3.8, 4) is 0 Å². The van der Waals surface area contributed by atoms with E-state index in [9.17, 15) is 4.79 Å². The first-order chi connectivity index (χ1) is 15.3. The third kappa shape index (κ3) is 6.50. The Morgan fingerprint density at radius 1 is 0.935 bits per heavy atom. The summed E-state index contributed by atoms with van der Waals surface area (Å²) in [5, 5.41) is 16.0. The highest BCUT2D eigenvalue weighted by Gasteiger charge is 2.28. The van der Waals surface area contributed by atoms with E-state index >= 15 is 0 Å². The molecule has 0 spiro atoms. The highest BCUT2D eigenvalue weighted by molar-refractivity contribution is 5.76. The molecule has 3 aliphatic rings. The fraction of sp³-hybridized carbons (Fsp3) is 0.917. The Kier molecular flexibility index (Phi) is 8.73. The van der Waals surface area contributed by atoms with Crippen molar-refractivity contribution in [1.82, 2.24) is 30.4 Å². The van der Waals surface area contributed by atoms with E-state index in [0.29, 0.717) is 30.3 Å². The van der Waals surface area contributed by atoms with Gasteiger partial charge in [0.15, 0.2) is 5.82 Å². The molecule has 7 heteroatoms. The zero-order valence-electron chi connectivity index (χ0n) is 19.3. The smallest absolute Gasteiger partial charge is 0.222 e. The summed E-state index contributed by atoms with van der Waals surface area (Å²) in [5.41, 5.74) is 0. The monoisotopic (exact) mass is 430 g/mol. The number of piperidine rings is 1. The van der Waals surface area contributed by atoms with E-state index < -0.39 is 0 Å². The van der Waals surface area contributed by atoms with Gasteiger partial charge in [-0.3, -0.25) is 4.79 Å². The average Bonchev–Trinajstić information content (AvgIpc) is 3.30. The lowest BCUT2D eigenvalue weighted by Crippen LogP contribution is -2.45. The second-order valence-corrected chi connectivity index (χ2v) is 10.1. The van der Waals surface area contributed by atoms with Gasteiger partial charge in [-0.2, -0.15) is 0 Å². The van der Waals surface area contributed by atoms with Crippen LogP contribution in [0.2, 0.25) is 0 Å². The lowest BCUT2D eigenvalue weighted by molar-refractivity contribution is -0.135. The minimum Gasteiger partial charge on any atom is -0.339 e. The van der Waals surface area contributed by atoms with Crippen LogP contribution < -0.4 is 5.32 Å². The molecule has 1 aromatic heterocycles. The maximum atomic E-state index is 13.3. The van der Waals surface area contributed by atoms with Crippen molar-refractivity contribution in [2.75, 3.05) is 19.6 Å². The van der Waals surface area contributed by atoms with Gasteiger partial charge in [0.1, 0.15) is 0 Å². The summed E-state index contributed by atoms with van der Waals surface area (Å²) < 4.78 is 2.08. The number of aromatic nitrogens is 4. The molecule has 0 unspecified atom stereocenters. The standard InChI is InChI=1S/C24H42N6O/c31-24(29(21-9-3-1-4-10-21)19-20-15-17-25-18-16-20)14-8-7-13-23-26-27-28-30(23)22-11-5-2-6-12-22/h20-22,25H,1-19H2. The van der Waals surface area contributed by atoms with E-state index in [0.717, 1.165) is 44.7 Å². The van der Waals surface area contributed by atoms with Crippen LogP contribution in [0.1, 0.15) is 108 Å². The van der Waals surface area contributed by atoms with Gasteiger partial charge >= 0.3 is 0 Å². The van der Waals surface area contributed by atoms with Gasteiger partial charge in [0.2, 0.25) is 5.91 Å². The van der Waals surface area contributed by atoms with Crippen molar-refractivity contribution in [1.29, 1.82) is 0 Å². The molecule has 31 heavy (non-hydrogen) atoms. The number of nitrogens with zero attached hydrogens (tertiary/aromatic N) is 5. The molecule has 1 aromatic rings. The second kappa shape index (κ2) is 11.9. The van der Waals surface area contributed by atoms with Crippen LogP contribution in [0.5, 0.6) is 0 Å². The van der Waals surface area contributed by atoms with Crippen LogP contribution in [-0.2, 0) is 11.2 Å². The Morgan fingerprint density at radius 2 is 1.65 bits per heavy atom. The molecular weight excluding hydrogens is 388 g/mol. The molecule has 1 aliphatic heterocycles. The second-order valence-electron chi connectivity index (χ2n) is 10.1. The van der Waals surface area contributed by atoms with E-state index in [-0.39, 0.29) is 0 Å². The topological polar surface area (TPSA) is 75.9 Å². The molecule has 4 rings (SSSR count). The van der Waals surface area contributed by atoms with Gasteiger partial charge in [-0.05, 0) is 80.8 Å². The minimum atomic E-state index is 0.386. The van der Waals surface area contributed by atoms with Crippen molar-refractivity contribution in [2.45, 2.75) is 115 Å². The molecule has 0 atom stereocenters. The molecule has 0 radical (unpaired) electrons. The Labute approximate surface area is 187 Å². The molecule has 2 aliphatic carbocycles. The van der Waals surface area contributed by atoms with Gasteiger partial charge in [0, 0.05) is 25.4 Å². The first kappa shape index (κ1) is 22.7. The molecule has 2 saturated carbocycles. The molecule has 1 N–H and O–H groups in total.